The number of nitrogens with one attached hydrogen (secondary N) is 1. The molecular weight excluding hydrogens is 412 g/mol. The van der Waals surface area contributed by atoms with Crippen LogP contribution in [0, 0.1) is 6.92 Å². The molecule has 8 heteroatoms. The number of aromatic nitrogens is 2. The van der Waals surface area contributed by atoms with Crippen molar-refractivity contribution in [2.45, 2.75) is 50.5 Å². The van der Waals surface area contributed by atoms with Gasteiger partial charge < -0.3 is 4.90 Å². The molecule has 0 bridgehead atoms. The quantitative estimate of drug-likeness (QED) is 0.596. The zero-order valence-corrected chi connectivity index (χ0v) is 19.2. The van der Waals surface area contributed by atoms with Crippen LogP contribution in [0.25, 0.3) is 10.9 Å². The van der Waals surface area contributed by atoms with Crippen molar-refractivity contribution in [1.29, 1.82) is 0 Å². The number of fused-ring (bicyclic) bond motifs is 2. The summed E-state index contributed by atoms with van der Waals surface area (Å²) in [6, 6.07) is 13.0. The van der Waals surface area contributed by atoms with Gasteiger partial charge in [-0.15, -0.1) is 0 Å². The van der Waals surface area contributed by atoms with Gasteiger partial charge in [-0.2, -0.15) is 5.10 Å². The summed E-state index contributed by atoms with van der Waals surface area (Å²) in [5.74, 6) is 0.0348. The number of carbonyl (C=O) groups excluding carboxylic acids is 1. The third-order valence-corrected chi connectivity index (χ3v) is 7.48. The zero-order chi connectivity index (χ0) is 22.4. The van der Waals surface area contributed by atoms with Crippen molar-refractivity contribution in [3.05, 3.63) is 53.7 Å². The van der Waals surface area contributed by atoms with Crippen LogP contribution in [0.5, 0.6) is 0 Å². The van der Waals surface area contributed by atoms with Gasteiger partial charge in [0.2, 0.25) is 15.9 Å². The predicted octanol–water partition coefficient (Wildman–Crippen LogP) is 3.36. The van der Waals surface area contributed by atoms with Gasteiger partial charge in [0, 0.05) is 43.0 Å². The minimum atomic E-state index is -3.65. The molecule has 0 atom stereocenters. The van der Waals surface area contributed by atoms with Gasteiger partial charge in [-0.1, -0.05) is 32.0 Å². The number of hydrogen-bond acceptors (Lipinski definition) is 4. The molecule has 0 unspecified atom stereocenters. The number of amides is 1. The zero-order valence-electron chi connectivity index (χ0n) is 18.3. The average molecular weight is 441 g/mol. The van der Waals surface area contributed by atoms with Gasteiger partial charge >= 0.3 is 0 Å². The summed E-state index contributed by atoms with van der Waals surface area (Å²) < 4.78 is 30.4. The summed E-state index contributed by atoms with van der Waals surface area (Å²) in [7, 11) is -1.92. The first-order valence-corrected chi connectivity index (χ1v) is 11.9. The van der Waals surface area contributed by atoms with E-state index in [1.807, 2.05) is 49.7 Å². The van der Waals surface area contributed by atoms with E-state index in [4.69, 9.17) is 0 Å². The lowest BCUT2D eigenvalue weighted by atomic mass is 9.77. The second-order valence-corrected chi connectivity index (χ2v) is 10.5. The average Bonchev–Trinajstić information content (AvgIpc) is 3.05. The Hall–Kier alpha value is -2.71. The maximum absolute atomic E-state index is 12.9. The first-order valence-electron chi connectivity index (χ1n) is 10.4. The standard InChI is InChI=1S/C23H28N4O3S/c1-16-18-8-5-6-9-20(18)27(25-16)13-7-12-24-31(29,30)17-10-11-21-19(14-17)23(2,3)15-22(28)26(21)4/h5-6,8-11,14,24H,7,12-13,15H2,1-4H3. The van der Waals surface area contributed by atoms with Gasteiger partial charge in [0.1, 0.15) is 0 Å². The molecule has 0 fully saturated rings. The molecule has 1 aliphatic heterocycles. The summed E-state index contributed by atoms with van der Waals surface area (Å²) in [4.78, 5) is 14.0. The minimum absolute atomic E-state index is 0.0348. The molecule has 0 radical (unpaired) electrons. The Morgan fingerprint density at radius 1 is 1.16 bits per heavy atom. The lowest BCUT2D eigenvalue weighted by molar-refractivity contribution is -0.119. The molecule has 0 saturated carbocycles. The van der Waals surface area contributed by atoms with Crippen LogP contribution in [0.4, 0.5) is 5.69 Å². The normalized spacial score (nSPS) is 16.0. The Morgan fingerprint density at radius 3 is 2.68 bits per heavy atom. The van der Waals surface area contributed by atoms with Crippen LogP contribution in [-0.4, -0.2) is 37.7 Å². The monoisotopic (exact) mass is 440 g/mol. The van der Waals surface area contributed by atoms with E-state index in [0.717, 1.165) is 27.8 Å². The molecule has 1 N–H and O–H groups in total. The summed E-state index contributed by atoms with van der Waals surface area (Å²) in [5, 5.41) is 5.68. The van der Waals surface area contributed by atoms with Crippen LogP contribution in [0.15, 0.2) is 47.4 Å². The van der Waals surface area contributed by atoms with Crippen LogP contribution in [0.3, 0.4) is 0 Å². The molecule has 1 amide bonds. The number of nitrogens with zero attached hydrogens (tertiary/aromatic N) is 3. The van der Waals surface area contributed by atoms with E-state index in [2.05, 4.69) is 9.82 Å². The smallest absolute Gasteiger partial charge is 0.240 e. The van der Waals surface area contributed by atoms with Crippen LogP contribution in [0.2, 0.25) is 0 Å². The molecule has 2 aromatic carbocycles. The van der Waals surface area contributed by atoms with Crippen molar-refractivity contribution in [2.24, 2.45) is 0 Å². The lowest BCUT2D eigenvalue weighted by Gasteiger charge is -2.37. The third-order valence-electron chi connectivity index (χ3n) is 6.02. The Bertz CT molecular complexity index is 1260. The largest absolute Gasteiger partial charge is 0.315 e. The molecule has 3 aromatic rings. The molecule has 31 heavy (non-hydrogen) atoms. The van der Waals surface area contributed by atoms with Crippen LogP contribution in [0.1, 0.15) is 37.9 Å². The van der Waals surface area contributed by atoms with Gasteiger partial charge in [-0.05, 0) is 43.2 Å². The van der Waals surface area contributed by atoms with Crippen molar-refractivity contribution in [1.82, 2.24) is 14.5 Å². The number of anilines is 1. The molecule has 1 aromatic heterocycles. The van der Waals surface area contributed by atoms with E-state index in [1.54, 1.807) is 30.1 Å². The van der Waals surface area contributed by atoms with E-state index < -0.39 is 15.4 Å². The van der Waals surface area contributed by atoms with Gasteiger partial charge in [0.15, 0.2) is 0 Å². The van der Waals surface area contributed by atoms with E-state index in [1.165, 1.54) is 0 Å². The number of benzene rings is 2. The molecule has 4 rings (SSSR count). The third kappa shape index (κ3) is 3.97. The molecule has 0 saturated heterocycles. The fraction of sp³-hybridized carbons (Fsp3) is 0.391. The highest BCUT2D eigenvalue weighted by Crippen LogP contribution is 2.40. The molecule has 0 spiro atoms. The maximum atomic E-state index is 12.9. The topological polar surface area (TPSA) is 84.3 Å². The fourth-order valence-corrected chi connectivity index (χ4v) is 5.33. The van der Waals surface area contributed by atoms with Gasteiger partial charge in [0.05, 0.1) is 16.1 Å². The van der Waals surface area contributed by atoms with E-state index >= 15 is 0 Å². The highest BCUT2D eigenvalue weighted by Gasteiger charge is 2.36. The Labute approximate surface area is 183 Å². The molecule has 2 heterocycles. The van der Waals surface area contributed by atoms with Gasteiger partial charge in [-0.3, -0.25) is 9.48 Å². The molecule has 164 valence electrons. The summed E-state index contributed by atoms with van der Waals surface area (Å²) in [6.45, 7) is 6.85. The lowest BCUT2D eigenvalue weighted by Crippen LogP contribution is -2.39. The number of rotatable bonds is 6. The van der Waals surface area contributed by atoms with Crippen molar-refractivity contribution in [3.8, 4) is 0 Å². The van der Waals surface area contributed by atoms with E-state index in [0.29, 0.717) is 25.9 Å². The first kappa shape index (κ1) is 21.5. The second kappa shape index (κ2) is 7.76. The number of para-hydroxylation sites is 1. The van der Waals surface area contributed by atoms with Crippen LogP contribution < -0.4 is 9.62 Å². The van der Waals surface area contributed by atoms with Crippen molar-refractivity contribution >= 4 is 32.5 Å². The second-order valence-electron chi connectivity index (χ2n) is 8.77. The van der Waals surface area contributed by atoms with Crippen molar-refractivity contribution in [2.75, 3.05) is 18.5 Å². The van der Waals surface area contributed by atoms with E-state index in [9.17, 15) is 13.2 Å². The van der Waals surface area contributed by atoms with E-state index in [-0.39, 0.29) is 10.8 Å². The Morgan fingerprint density at radius 2 is 1.90 bits per heavy atom. The highest BCUT2D eigenvalue weighted by molar-refractivity contribution is 7.89. The van der Waals surface area contributed by atoms with Crippen LogP contribution >= 0.6 is 0 Å². The predicted molar refractivity (Wildman–Crippen MR) is 122 cm³/mol. The SMILES string of the molecule is Cc1nn(CCCNS(=O)(=O)c2ccc3c(c2)C(C)(C)CC(=O)N3C)c2ccccc12. The van der Waals surface area contributed by atoms with Gasteiger partial charge in [-0.25, -0.2) is 13.1 Å². The molecular formula is C23H28N4O3S. The van der Waals surface area contributed by atoms with Crippen molar-refractivity contribution in [3.63, 3.8) is 0 Å². The maximum Gasteiger partial charge on any atom is 0.240 e. The van der Waals surface area contributed by atoms with Gasteiger partial charge in [0.25, 0.3) is 0 Å². The number of hydrogen-bond donors (Lipinski definition) is 1. The first-order chi connectivity index (χ1) is 14.6. The summed E-state index contributed by atoms with van der Waals surface area (Å²) >= 11 is 0. The number of aryl methyl sites for hydroxylation is 2. The summed E-state index contributed by atoms with van der Waals surface area (Å²) in [6.07, 6.45) is 0.975. The Kier molecular flexibility index (Phi) is 5.39. The van der Waals surface area contributed by atoms with Crippen molar-refractivity contribution < 1.29 is 13.2 Å². The molecule has 0 aliphatic carbocycles. The number of carbonyl (C=O) groups is 1. The van der Waals surface area contributed by atoms with Crippen LogP contribution in [-0.2, 0) is 26.8 Å². The summed E-state index contributed by atoms with van der Waals surface area (Å²) in [5.41, 5.74) is 3.25. The number of sulfonamides is 1. The Balaban J connectivity index is 1.46. The minimum Gasteiger partial charge on any atom is -0.315 e. The molecule has 1 aliphatic rings. The fourth-order valence-electron chi connectivity index (χ4n) is 4.23. The molecule has 7 nitrogen and oxygen atoms in total. The highest BCUT2D eigenvalue weighted by atomic mass is 32.2.